The summed E-state index contributed by atoms with van der Waals surface area (Å²) >= 11 is 0. The Bertz CT molecular complexity index is 392. The van der Waals surface area contributed by atoms with Crippen LogP contribution in [0.3, 0.4) is 0 Å². The number of benzene rings is 1. The van der Waals surface area contributed by atoms with Gasteiger partial charge in [-0.15, -0.1) is 0 Å². The van der Waals surface area contributed by atoms with Crippen molar-refractivity contribution < 1.29 is 9.90 Å². The quantitative estimate of drug-likeness (QED) is 0.757. The van der Waals surface area contributed by atoms with Crippen LogP contribution in [-0.2, 0) is 4.79 Å². The molecule has 1 aromatic carbocycles. The van der Waals surface area contributed by atoms with E-state index in [1.807, 2.05) is 6.07 Å². The first-order valence-electron chi connectivity index (χ1n) is 6.08. The second-order valence-corrected chi connectivity index (χ2v) is 4.64. The molecule has 0 unspecified atom stereocenters. The summed E-state index contributed by atoms with van der Waals surface area (Å²) in [6.07, 6.45) is 5.82. The van der Waals surface area contributed by atoms with E-state index in [0.29, 0.717) is 17.9 Å². The minimum absolute atomic E-state index is 0.119. The molecule has 2 heteroatoms. The standard InChI is InChI=1S/C15H20O2/c1-12(2)6-5-8-14(16)11-10-13-7-3-4-9-15(13)17/h3-4,7,9-12,17H,5-6,8H2,1-2H3/b11-10+. The van der Waals surface area contributed by atoms with Gasteiger partial charge in [-0.3, -0.25) is 4.79 Å². The molecule has 0 aromatic heterocycles. The molecule has 1 N–H and O–H groups in total. The highest BCUT2D eigenvalue weighted by Crippen LogP contribution is 2.17. The second kappa shape index (κ2) is 6.89. The molecule has 2 nitrogen and oxygen atoms in total. The smallest absolute Gasteiger partial charge is 0.155 e. The molecule has 0 spiro atoms. The van der Waals surface area contributed by atoms with E-state index in [4.69, 9.17) is 0 Å². The van der Waals surface area contributed by atoms with Gasteiger partial charge in [0.25, 0.3) is 0 Å². The molecule has 1 aromatic rings. The number of para-hydroxylation sites is 1. The second-order valence-electron chi connectivity index (χ2n) is 4.64. The SMILES string of the molecule is CC(C)CCCC(=O)/C=C/c1ccccc1O. The lowest BCUT2D eigenvalue weighted by molar-refractivity contribution is -0.114. The number of allylic oxidation sites excluding steroid dienone is 1. The maximum Gasteiger partial charge on any atom is 0.155 e. The zero-order valence-corrected chi connectivity index (χ0v) is 10.5. The summed E-state index contributed by atoms with van der Waals surface area (Å²) in [5.41, 5.74) is 0.685. The van der Waals surface area contributed by atoms with E-state index in [-0.39, 0.29) is 11.5 Å². The van der Waals surface area contributed by atoms with Gasteiger partial charge in [0.15, 0.2) is 5.78 Å². The Hall–Kier alpha value is -1.57. The Balaban J connectivity index is 2.43. The lowest BCUT2D eigenvalue weighted by atomic mass is 10.0. The Morgan fingerprint density at radius 3 is 2.71 bits per heavy atom. The Kier molecular flexibility index (Phi) is 5.47. The van der Waals surface area contributed by atoms with Crippen molar-refractivity contribution in [2.45, 2.75) is 33.1 Å². The Morgan fingerprint density at radius 1 is 1.35 bits per heavy atom. The first-order chi connectivity index (χ1) is 8.09. The molecule has 0 heterocycles. The average Bonchev–Trinajstić information content (AvgIpc) is 2.27. The third-order valence-electron chi connectivity index (χ3n) is 2.59. The summed E-state index contributed by atoms with van der Waals surface area (Å²) < 4.78 is 0. The van der Waals surface area contributed by atoms with Crippen molar-refractivity contribution in [1.82, 2.24) is 0 Å². The van der Waals surface area contributed by atoms with Gasteiger partial charge in [-0.25, -0.2) is 0 Å². The lowest BCUT2D eigenvalue weighted by Crippen LogP contribution is -1.94. The topological polar surface area (TPSA) is 37.3 Å². The number of hydrogen-bond acceptors (Lipinski definition) is 2. The molecule has 0 amide bonds. The maximum atomic E-state index is 11.5. The van der Waals surface area contributed by atoms with E-state index in [9.17, 15) is 9.90 Å². The van der Waals surface area contributed by atoms with Crippen molar-refractivity contribution in [3.63, 3.8) is 0 Å². The number of phenolic OH excluding ortho intramolecular Hbond substituents is 1. The van der Waals surface area contributed by atoms with E-state index in [1.165, 1.54) is 0 Å². The van der Waals surface area contributed by atoms with E-state index in [2.05, 4.69) is 13.8 Å². The molecule has 17 heavy (non-hydrogen) atoms. The largest absolute Gasteiger partial charge is 0.507 e. The Morgan fingerprint density at radius 2 is 2.06 bits per heavy atom. The summed E-state index contributed by atoms with van der Waals surface area (Å²) in [6.45, 7) is 4.31. The molecular weight excluding hydrogens is 212 g/mol. The van der Waals surface area contributed by atoms with Crippen molar-refractivity contribution in [3.8, 4) is 5.75 Å². The van der Waals surface area contributed by atoms with Crippen LogP contribution < -0.4 is 0 Å². The van der Waals surface area contributed by atoms with Crippen LogP contribution in [-0.4, -0.2) is 10.9 Å². The Labute approximate surface area is 103 Å². The third kappa shape index (κ3) is 5.34. The first kappa shape index (κ1) is 13.5. The number of rotatable bonds is 6. The van der Waals surface area contributed by atoms with Crippen LogP contribution in [0.1, 0.15) is 38.7 Å². The van der Waals surface area contributed by atoms with Crippen molar-refractivity contribution in [2.24, 2.45) is 5.92 Å². The van der Waals surface area contributed by atoms with Gasteiger partial charge in [-0.1, -0.05) is 38.5 Å². The van der Waals surface area contributed by atoms with E-state index in [1.54, 1.807) is 30.4 Å². The molecule has 0 aliphatic rings. The van der Waals surface area contributed by atoms with Crippen LogP contribution in [0.4, 0.5) is 0 Å². The van der Waals surface area contributed by atoms with Crippen molar-refractivity contribution in [3.05, 3.63) is 35.9 Å². The number of ketones is 1. The number of hydrogen-bond donors (Lipinski definition) is 1. The van der Waals surface area contributed by atoms with Crippen LogP contribution >= 0.6 is 0 Å². The van der Waals surface area contributed by atoms with Gasteiger partial charge in [0.2, 0.25) is 0 Å². The van der Waals surface area contributed by atoms with E-state index < -0.39 is 0 Å². The van der Waals surface area contributed by atoms with E-state index >= 15 is 0 Å². The van der Waals surface area contributed by atoms with Gasteiger partial charge in [0.05, 0.1) is 0 Å². The summed E-state index contributed by atoms with van der Waals surface area (Å²) in [6, 6.07) is 7.00. The summed E-state index contributed by atoms with van der Waals surface area (Å²) in [4.78, 5) is 11.5. The molecule has 0 bridgehead atoms. The molecule has 0 radical (unpaired) electrons. The minimum atomic E-state index is 0.119. The molecule has 0 saturated heterocycles. The van der Waals surface area contributed by atoms with Gasteiger partial charge < -0.3 is 5.11 Å². The predicted octanol–water partition coefficient (Wildman–Crippen LogP) is 3.80. The molecule has 0 aliphatic carbocycles. The zero-order valence-electron chi connectivity index (χ0n) is 10.5. The molecule has 92 valence electrons. The van der Waals surface area contributed by atoms with Crippen LogP contribution in [0, 0.1) is 5.92 Å². The van der Waals surface area contributed by atoms with Crippen LogP contribution in [0.2, 0.25) is 0 Å². The normalized spacial score (nSPS) is 11.2. The molecule has 0 fully saturated rings. The van der Waals surface area contributed by atoms with Crippen molar-refractivity contribution >= 4 is 11.9 Å². The number of carbonyl (C=O) groups excluding carboxylic acids is 1. The fraction of sp³-hybridized carbons (Fsp3) is 0.400. The molecule has 0 saturated carbocycles. The highest BCUT2D eigenvalue weighted by Gasteiger charge is 2.00. The number of phenols is 1. The minimum Gasteiger partial charge on any atom is -0.507 e. The van der Waals surface area contributed by atoms with Gasteiger partial charge in [-0.05, 0) is 30.6 Å². The van der Waals surface area contributed by atoms with Crippen LogP contribution in [0.5, 0.6) is 5.75 Å². The first-order valence-corrected chi connectivity index (χ1v) is 6.08. The monoisotopic (exact) mass is 232 g/mol. The van der Waals surface area contributed by atoms with Crippen molar-refractivity contribution in [2.75, 3.05) is 0 Å². The fourth-order valence-electron chi connectivity index (χ4n) is 1.58. The summed E-state index contributed by atoms with van der Waals surface area (Å²) in [5.74, 6) is 0.970. The predicted molar refractivity (Wildman–Crippen MR) is 70.8 cm³/mol. The van der Waals surface area contributed by atoms with Crippen LogP contribution in [0.15, 0.2) is 30.3 Å². The molecule has 1 rings (SSSR count). The third-order valence-corrected chi connectivity index (χ3v) is 2.59. The number of carbonyl (C=O) groups is 1. The van der Waals surface area contributed by atoms with Gasteiger partial charge in [0, 0.05) is 12.0 Å². The zero-order chi connectivity index (χ0) is 12.7. The average molecular weight is 232 g/mol. The van der Waals surface area contributed by atoms with E-state index in [0.717, 1.165) is 12.8 Å². The van der Waals surface area contributed by atoms with Gasteiger partial charge in [0.1, 0.15) is 5.75 Å². The summed E-state index contributed by atoms with van der Waals surface area (Å²) in [7, 11) is 0. The number of aromatic hydroxyl groups is 1. The lowest BCUT2D eigenvalue weighted by Gasteiger charge is -2.01. The fourth-order valence-corrected chi connectivity index (χ4v) is 1.58. The van der Waals surface area contributed by atoms with Crippen molar-refractivity contribution in [1.29, 1.82) is 0 Å². The summed E-state index contributed by atoms with van der Waals surface area (Å²) in [5, 5.41) is 9.51. The van der Waals surface area contributed by atoms with Crippen LogP contribution in [0.25, 0.3) is 6.08 Å². The molecule has 0 atom stereocenters. The van der Waals surface area contributed by atoms with Gasteiger partial charge in [-0.2, -0.15) is 0 Å². The highest BCUT2D eigenvalue weighted by atomic mass is 16.3. The molecular formula is C15H20O2. The maximum absolute atomic E-state index is 11.5. The molecule has 0 aliphatic heterocycles. The highest BCUT2D eigenvalue weighted by molar-refractivity contribution is 5.93. The van der Waals surface area contributed by atoms with Gasteiger partial charge >= 0.3 is 0 Å².